The van der Waals surface area contributed by atoms with Crippen LogP contribution in [0, 0.1) is 0 Å². The van der Waals surface area contributed by atoms with Crippen LogP contribution in [0.3, 0.4) is 0 Å². The Bertz CT molecular complexity index is 652. The van der Waals surface area contributed by atoms with Crippen molar-refractivity contribution in [3.63, 3.8) is 0 Å². The van der Waals surface area contributed by atoms with Crippen molar-refractivity contribution in [2.24, 2.45) is 0 Å². The Morgan fingerprint density at radius 2 is 1.75 bits per heavy atom. The highest BCUT2D eigenvalue weighted by molar-refractivity contribution is 5.81. The van der Waals surface area contributed by atoms with E-state index in [4.69, 9.17) is 4.74 Å². The van der Waals surface area contributed by atoms with Gasteiger partial charge in [0.05, 0.1) is 0 Å². The number of carbonyl (C=O) groups is 1. The second kappa shape index (κ2) is 9.11. The molecule has 3 heteroatoms. The Morgan fingerprint density at radius 1 is 1.00 bits per heavy atom. The van der Waals surface area contributed by atoms with Crippen molar-refractivity contribution in [2.45, 2.75) is 52.7 Å². The van der Waals surface area contributed by atoms with Crippen LogP contribution < -0.4 is 10.1 Å². The monoisotopic (exact) mass is 325 g/mol. The molecule has 0 heterocycles. The second-order valence-corrected chi connectivity index (χ2v) is 5.86. The van der Waals surface area contributed by atoms with E-state index in [1.165, 1.54) is 16.7 Å². The maximum atomic E-state index is 12.5. The first kappa shape index (κ1) is 18.1. The topological polar surface area (TPSA) is 38.3 Å². The van der Waals surface area contributed by atoms with Gasteiger partial charge in [0.25, 0.3) is 5.91 Å². The van der Waals surface area contributed by atoms with Gasteiger partial charge in [0.1, 0.15) is 5.75 Å². The van der Waals surface area contributed by atoms with Gasteiger partial charge in [-0.25, -0.2) is 0 Å². The molecule has 0 radical (unpaired) electrons. The summed E-state index contributed by atoms with van der Waals surface area (Å²) in [4.78, 5) is 12.5. The summed E-state index contributed by atoms with van der Waals surface area (Å²) in [6.45, 7) is 6.79. The van der Waals surface area contributed by atoms with E-state index in [2.05, 4.69) is 37.4 Å². The minimum atomic E-state index is -0.466. The van der Waals surface area contributed by atoms with Crippen LogP contribution in [-0.4, -0.2) is 12.0 Å². The normalized spacial score (nSPS) is 11.8. The standard InChI is InChI=1S/C21H27NO2/c1-4-16-12-13-17(5-2)18(14-16)15-22-21(23)20(6-3)24-19-10-8-7-9-11-19/h7-14,20H,4-6,15H2,1-3H3,(H,22,23). The third-order valence-electron chi connectivity index (χ3n) is 4.20. The van der Waals surface area contributed by atoms with Gasteiger partial charge in [0.2, 0.25) is 0 Å². The molecular weight excluding hydrogens is 298 g/mol. The highest BCUT2D eigenvalue weighted by Gasteiger charge is 2.18. The Hall–Kier alpha value is -2.29. The van der Waals surface area contributed by atoms with Gasteiger partial charge in [-0.05, 0) is 48.1 Å². The predicted molar refractivity (Wildman–Crippen MR) is 98.2 cm³/mol. The van der Waals surface area contributed by atoms with Gasteiger partial charge in [0, 0.05) is 6.54 Å². The van der Waals surface area contributed by atoms with Crippen LogP contribution in [0.5, 0.6) is 5.75 Å². The fourth-order valence-corrected chi connectivity index (χ4v) is 2.69. The lowest BCUT2D eigenvalue weighted by molar-refractivity contribution is -0.128. The van der Waals surface area contributed by atoms with E-state index in [0.717, 1.165) is 18.6 Å². The number of carbonyl (C=O) groups excluding carboxylic acids is 1. The molecule has 0 spiro atoms. The second-order valence-electron chi connectivity index (χ2n) is 5.86. The maximum absolute atomic E-state index is 12.5. The lowest BCUT2D eigenvalue weighted by atomic mass is 10.0. The minimum absolute atomic E-state index is 0.0645. The summed E-state index contributed by atoms with van der Waals surface area (Å²) in [6.07, 6.45) is 2.13. The largest absolute Gasteiger partial charge is 0.481 e. The molecular formula is C21H27NO2. The lowest BCUT2D eigenvalue weighted by Crippen LogP contribution is -2.37. The first-order valence-electron chi connectivity index (χ1n) is 8.78. The molecule has 2 aromatic carbocycles. The Morgan fingerprint density at radius 3 is 2.38 bits per heavy atom. The zero-order valence-electron chi connectivity index (χ0n) is 14.8. The predicted octanol–water partition coefficient (Wildman–Crippen LogP) is 4.29. The number of para-hydroxylation sites is 1. The molecule has 1 N–H and O–H groups in total. The summed E-state index contributed by atoms with van der Waals surface area (Å²) in [6, 6.07) is 16.0. The summed E-state index contributed by atoms with van der Waals surface area (Å²) < 4.78 is 5.80. The first-order valence-corrected chi connectivity index (χ1v) is 8.78. The Labute approximate surface area is 145 Å². The zero-order chi connectivity index (χ0) is 17.4. The van der Waals surface area contributed by atoms with E-state index in [1.807, 2.05) is 37.3 Å². The molecule has 0 aliphatic heterocycles. The SMILES string of the molecule is CCc1ccc(CC)c(CNC(=O)C(CC)Oc2ccccc2)c1. The van der Waals surface area contributed by atoms with E-state index in [-0.39, 0.29) is 5.91 Å². The number of hydrogen-bond donors (Lipinski definition) is 1. The summed E-state index contributed by atoms with van der Waals surface area (Å²) >= 11 is 0. The van der Waals surface area contributed by atoms with Crippen LogP contribution in [0.1, 0.15) is 43.9 Å². The van der Waals surface area contributed by atoms with Gasteiger partial charge in [-0.2, -0.15) is 0 Å². The van der Waals surface area contributed by atoms with Gasteiger partial charge in [-0.1, -0.05) is 57.2 Å². The number of ether oxygens (including phenoxy) is 1. The van der Waals surface area contributed by atoms with Crippen LogP contribution in [0.15, 0.2) is 48.5 Å². The van der Waals surface area contributed by atoms with Crippen molar-refractivity contribution < 1.29 is 9.53 Å². The summed E-state index contributed by atoms with van der Waals surface area (Å²) in [5.74, 6) is 0.659. The molecule has 128 valence electrons. The zero-order valence-corrected chi connectivity index (χ0v) is 14.8. The molecule has 0 aliphatic carbocycles. The van der Waals surface area contributed by atoms with Crippen LogP contribution in [0.4, 0.5) is 0 Å². The fraction of sp³-hybridized carbons (Fsp3) is 0.381. The van der Waals surface area contributed by atoms with Crippen molar-refractivity contribution >= 4 is 5.91 Å². The number of nitrogens with one attached hydrogen (secondary N) is 1. The van der Waals surface area contributed by atoms with Crippen molar-refractivity contribution in [1.29, 1.82) is 0 Å². The number of benzene rings is 2. The molecule has 0 bridgehead atoms. The lowest BCUT2D eigenvalue weighted by Gasteiger charge is -2.18. The van der Waals surface area contributed by atoms with E-state index < -0.39 is 6.10 Å². The number of hydrogen-bond acceptors (Lipinski definition) is 2. The van der Waals surface area contributed by atoms with E-state index >= 15 is 0 Å². The highest BCUT2D eigenvalue weighted by Crippen LogP contribution is 2.15. The average Bonchev–Trinajstić information content (AvgIpc) is 2.64. The molecule has 2 rings (SSSR count). The van der Waals surface area contributed by atoms with Crippen LogP contribution in [-0.2, 0) is 24.2 Å². The molecule has 24 heavy (non-hydrogen) atoms. The molecule has 3 nitrogen and oxygen atoms in total. The van der Waals surface area contributed by atoms with Gasteiger partial charge < -0.3 is 10.1 Å². The maximum Gasteiger partial charge on any atom is 0.261 e. The summed E-state index contributed by atoms with van der Waals surface area (Å²) in [5.41, 5.74) is 3.77. The van der Waals surface area contributed by atoms with Gasteiger partial charge >= 0.3 is 0 Å². The number of rotatable bonds is 8. The molecule has 2 aromatic rings. The molecule has 0 fully saturated rings. The minimum Gasteiger partial charge on any atom is -0.481 e. The molecule has 1 atom stereocenters. The van der Waals surface area contributed by atoms with E-state index in [0.29, 0.717) is 13.0 Å². The third kappa shape index (κ3) is 4.85. The molecule has 1 unspecified atom stereocenters. The van der Waals surface area contributed by atoms with Gasteiger partial charge in [-0.15, -0.1) is 0 Å². The van der Waals surface area contributed by atoms with E-state index in [9.17, 15) is 4.79 Å². The van der Waals surface area contributed by atoms with E-state index in [1.54, 1.807) is 0 Å². The fourth-order valence-electron chi connectivity index (χ4n) is 2.69. The summed E-state index contributed by atoms with van der Waals surface area (Å²) in [7, 11) is 0. The molecule has 0 aromatic heterocycles. The van der Waals surface area contributed by atoms with Crippen molar-refractivity contribution in [2.75, 3.05) is 0 Å². The molecule has 0 saturated heterocycles. The van der Waals surface area contributed by atoms with Crippen LogP contribution >= 0.6 is 0 Å². The smallest absolute Gasteiger partial charge is 0.261 e. The number of aryl methyl sites for hydroxylation is 2. The molecule has 0 saturated carbocycles. The first-order chi connectivity index (χ1) is 11.7. The van der Waals surface area contributed by atoms with Gasteiger partial charge in [0.15, 0.2) is 6.10 Å². The van der Waals surface area contributed by atoms with Crippen molar-refractivity contribution in [3.8, 4) is 5.75 Å². The quantitative estimate of drug-likeness (QED) is 0.786. The number of amides is 1. The van der Waals surface area contributed by atoms with Crippen molar-refractivity contribution in [3.05, 3.63) is 65.2 Å². The molecule has 1 amide bonds. The Balaban J connectivity index is 2.00. The van der Waals surface area contributed by atoms with Gasteiger partial charge in [-0.3, -0.25) is 4.79 Å². The van der Waals surface area contributed by atoms with Crippen LogP contribution in [0.2, 0.25) is 0 Å². The summed E-state index contributed by atoms with van der Waals surface area (Å²) in [5, 5.41) is 3.03. The average molecular weight is 325 g/mol. The van der Waals surface area contributed by atoms with Crippen molar-refractivity contribution in [1.82, 2.24) is 5.32 Å². The Kier molecular flexibility index (Phi) is 6.86. The third-order valence-corrected chi connectivity index (χ3v) is 4.20. The highest BCUT2D eigenvalue weighted by atomic mass is 16.5. The molecule has 0 aliphatic rings. The van der Waals surface area contributed by atoms with Crippen LogP contribution in [0.25, 0.3) is 0 Å².